The van der Waals surface area contributed by atoms with Crippen molar-refractivity contribution in [1.82, 2.24) is 0 Å². The molecule has 0 aromatic heterocycles. The van der Waals surface area contributed by atoms with Crippen LogP contribution in [-0.4, -0.2) is 0 Å². The van der Waals surface area contributed by atoms with Gasteiger partial charge >= 0.3 is 0 Å². The topological polar surface area (TPSA) is 0 Å². The summed E-state index contributed by atoms with van der Waals surface area (Å²) in [6.45, 7) is 5.71. The second-order valence-corrected chi connectivity index (χ2v) is 2.88. The lowest BCUT2D eigenvalue weighted by Crippen LogP contribution is -1.67. The Morgan fingerprint density at radius 1 is 1.23 bits per heavy atom. The zero-order chi connectivity index (χ0) is 9.52. The highest BCUT2D eigenvalue weighted by molar-refractivity contribution is 5.51. The lowest BCUT2D eigenvalue weighted by atomic mass is 10.2. The molecular formula is C13H14. The summed E-state index contributed by atoms with van der Waals surface area (Å²) in [6, 6.07) is 10.2. The average Bonchev–Trinajstić information content (AvgIpc) is 2.19. The van der Waals surface area contributed by atoms with Crippen LogP contribution >= 0.6 is 0 Å². The van der Waals surface area contributed by atoms with Gasteiger partial charge in [0, 0.05) is 0 Å². The second kappa shape index (κ2) is 5.15. The highest BCUT2D eigenvalue weighted by atomic mass is 13.9. The molecule has 0 unspecified atom stereocenters. The van der Waals surface area contributed by atoms with Crippen LogP contribution in [0.1, 0.15) is 12.5 Å². The molecule has 0 aliphatic carbocycles. The van der Waals surface area contributed by atoms with Gasteiger partial charge in [0.15, 0.2) is 0 Å². The molecule has 0 nitrogen and oxygen atoms in total. The van der Waals surface area contributed by atoms with Gasteiger partial charge < -0.3 is 0 Å². The van der Waals surface area contributed by atoms with Gasteiger partial charge in [-0.25, -0.2) is 0 Å². The fourth-order valence-electron chi connectivity index (χ4n) is 0.943. The number of allylic oxidation sites excluding steroid dienone is 4. The summed E-state index contributed by atoms with van der Waals surface area (Å²) in [5.41, 5.74) is 2.39. The monoisotopic (exact) mass is 170 g/mol. The van der Waals surface area contributed by atoms with Crippen molar-refractivity contribution in [2.45, 2.75) is 6.92 Å². The predicted octanol–water partition coefficient (Wildman–Crippen LogP) is 3.83. The van der Waals surface area contributed by atoms with E-state index in [1.165, 1.54) is 11.1 Å². The molecule has 0 fully saturated rings. The first-order valence-corrected chi connectivity index (χ1v) is 4.35. The van der Waals surface area contributed by atoms with Crippen molar-refractivity contribution >= 4 is 6.08 Å². The minimum Gasteiger partial charge on any atom is -0.0988 e. The molecule has 0 atom stereocenters. The molecule has 0 aliphatic rings. The molecule has 0 N–H and O–H groups in total. The van der Waals surface area contributed by atoms with E-state index in [0.29, 0.717) is 0 Å². The van der Waals surface area contributed by atoms with Crippen LogP contribution < -0.4 is 0 Å². The first-order valence-electron chi connectivity index (χ1n) is 4.35. The predicted molar refractivity (Wildman–Crippen MR) is 59.4 cm³/mol. The molecular weight excluding hydrogens is 156 g/mol. The van der Waals surface area contributed by atoms with Crippen LogP contribution in [0.5, 0.6) is 0 Å². The molecule has 13 heavy (non-hydrogen) atoms. The van der Waals surface area contributed by atoms with E-state index in [1.807, 2.05) is 43.4 Å². The summed E-state index contributed by atoms with van der Waals surface area (Å²) in [7, 11) is 0. The van der Waals surface area contributed by atoms with E-state index in [2.05, 4.69) is 24.8 Å². The standard InChI is InChI=1S/C13H14/c1-3-12(2)8-7-11-13-9-5-4-6-10-13/h3-11H,1H2,2H3. The minimum atomic E-state index is 1.17. The highest BCUT2D eigenvalue weighted by Gasteiger charge is 1.80. The van der Waals surface area contributed by atoms with Gasteiger partial charge in [-0.3, -0.25) is 0 Å². The first-order chi connectivity index (χ1) is 6.33. The van der Waals surface area contributed by atoms with E-state index in [0.717, 1.165) is 0 Å². The van der Waals surface area contributed by atoms with Crippen LogP contribution in [0.3, 0.4) is 0 Å². The van der Waals surface area contributed by atoms with Crippen LogP contribution in [0.15, 0.2) is 60.7 Å². The van der Waals surface area contributed by atoms with Gasteiger partial charge in [0.05, 0.1) is 0 Å². The SMILES string of the molecule is C=CC(C)=CC=Cc1ccccc1. The van der Waals surface area contributed by atoms with E-state index < -0.39 is 0 Å². The van der Waals surface area contributed by atoms with Gasteiger partial charge in [0.1, 0.15) is 0 Å². The third-order valence-electron chi connectivity index (χ3n) is 1.77. The highest BCUT2D eigenvalue weighted by Crippen LogP contribution is 2.02. The number of benzene rings is 1. The van der Waals surface area contributed by atoms with Gasteiger partial charge in [-0.1, -0.05) is 66.8 Å². The van der Waals surface area contributed by atoms with Crippen LogP contribution in [0.25, 0.3) is 6.08 Å². The fraction of sp³-hybridized carbons (Fsp3) is 0.0769. The fourth-order valence-corrected chi connectivity index (χ4v) is 0.943. The molecule has 0 aliphatic heterocycles. The molecule has 0 heteroatoms. The maximum Gasteiger partial charge on any atom is -0.0257 e. The Labute approximate surface area is 79.9 Å². The Kier molecular flexibility index (Phi) is 3.77. The number of hydrogen-bond donors (Lipinski definition) is 0. The maximum atomic E-state index is 3.68. The Bertz CT molecular complexity index is 315. The molecule has 66 valence electrons. The van der Waals surface area contributed by atoms with Crippen molar-refractivity contribution in [1.29, 1.82) is 0 Å². The Hall–Kier alpha value is -1.56. The molecule has 0 spiro atoms. The number of hydrogen-bond acceptors (Lipinski definition) is 0. The van der Waals surface area contributed by atoms with E-state index in [9.17, 15) is 0 Å². The zero-order valence-electron chi connectivity index (χ0n) is 7.90. The zero-order valence-corrected chi connectivity index (χ0v) is 7.90. The van der Waals surface area contributed by atoms with Crippen molar-refractivity contribution < 1.29 is 0 Å². The van der Waals surface area contributed by atoms with Gasteiger partial charge in [-0.2, -0.15) is 0 Å². The Morgan fingerprint density at radius 3 is 2.54 bits per heavy atom. The van der Waals surface area contributed by atoms with E-state index in [-0.39, 0.29) is 0 Å². The molecule has 0 bridgehead atoms. The van der Waals surface area contributed by atoms with Crippen molar-refractivity contribution in [3.05, 3.63) is 66.3 Å². The van der Waals surface area contributed by atoms with Crippen LogP contribution in [0.4, 0.5) is 0 Å². The quantitative estimate of drug-likeness (QED) is 0.605. The molecule has 0 saturated heterocycles. The van der Waals surface area contributed by atoms with E-state index in [1.54, 1.807) is 0 Å². The Morgan fingerprint density at radius 2 is 1.92 bits per heavy atom. The lowest BCUT2D eigenvalue weighted by Gasteiger charge is -1.89. The molecule has 1 rings (SSSR count). The van der Waals surface area contributed by atoms with Gasteiger partial charge in [-0.15, -0.1) is 0 Å². The third kappa shape index (κ3) is 3.57. The summed E-state index contributed by atoms with van der Waals surface area (Å²) in [5, 5.41) is 0. The smallest absolute Gasteiger partial charge is 0.0257 e. The summed E-state index contributed by atoms with van der Waals surface area (Å²) in [4.78, 5) is 0. The largest absolute Gasteiger partial charge is 0.0988 e. The number of rotatable bonds is 3. The Balaban J connectivity index is 2.65. The molecule has 0 heterocycles. The summed E-state index contributed by atoms with van der Waals surface area (Å²) in [6.07, 6.45) is 7.99. The molecule has 0 amide bonds. The summed E-state index contributed by atoms with van der Waals surface area (Å²) >= 11 is 0. The lowest BCUT2D eigenvalue weighted by molar-refractivity contribution is 1.54. The van der Waals surface area contributed by atoms with E-state index >= 15 is 0 Å². The summed E-state index contributed by atoms with van der Waals surface area (Å²) < 4.78 is 0. The van der Waals surface area contributed by atoms with Crippen LogP contribution in [0.2, 0.25) is 0 Å². The molecule has 1 aromatic carbocycles. The van der Waals surface area contributed by atoms with Crippen molar-refractivity contribution in [2.24, 2.45) is 0 Å². The van der Waals surface area contributed by atoms with Gasteiger partial charge in [0.2, 0.25) is 0 Å². The van der Waals surface area contributed by atoms with E-state index in [4.69, 9.17) is 0 Å². The third-order valence-corrected chi connectivity index (χ3v) is 1.77. The molecule has 1 aromatic rings. The maximum absolute atomic E-state index is 3.68. The van der Waals surface area contributed by atoms with Gasteiger partial charge in [-0.05, 0) is 12.5 Å². The molecule has 0 saturated carbocycles. The second-order valence-electron chi connectivity index (χ2n) is 2.88. The normalized spacial score (nSPS) is 11.9. The van der Waals surface area contributed by atoms with Crippen molar-refractivity contribution in [3.8, 4) is 0 Å². The van der Waals surface area contributed by atoms with Crippen LogP contribution in [0, 0.1) is 0 Å². The van der Waals surface area contributed by atoms with Gasteiger partial charge in [0.25, 0.3) is 0 Å². The molecule has 0 radical (unpaired) electrons. The first kappa shape index (κ1) is 9.53. The van der Waals surface area contributed by atoms with Crippen molar-refractivity contribution in [3.63, 3.8) is 0 Å². The van der Waals surface area contributed by atoms with Crippen LogP contribution in [-0.2, 0) is 0 Å². The average molecular weight is 170 g/mol. The van der Waals surface area contributed by atoms with Crippen molar-refractivity contribution in [2.75, 3.05) is 0 Å². The summed E-state index contributed by atoms with van der Waals surface area (Å²) in [5.74, 6) is 0. The minimum absolute atomic E-state index is 1.17.